The smallest absolute Gasteiger partial charge is 0.220 e. The molecule has 2 N–H and O–H groups in total. The van der Waals surface area contributed by atoms with Crippen LogP contribution in [-0.4, -0.2) is 43.5 Å². The van der Waals surface area contributed by atoms with Crippen molar-refractivity contribution in [2.24, 2.45) is 5.92 Å². The maximum absolute atomic E-state index is 12.2. The monoisotopic (exact) mass is 404 g/mol. The molecule has 0 atom stereocenters. The summed E-state index contributed by atoms with van der Waals surface area (Å²) in [6.45, 7) is 9.60. The number of fused-ring (bicyclic) bond motifs is 1. The first kappa shape index (κ1) is 20.9. The van der Waals surface area contributed by atoms with Gasteiger partial charge in [-0.25, -0.2) is 14.6 Å². The van der Waals surface area contributed by atoms with Gasteiger partial charge in [-0.3, -0.25) is 4.79 Å². The standard InChI is InChI=1S/C20H32N6OS/c1-13(2)23-18-16-12-22-26(19(16)25-20(24-18)28-14(3)4)10-9-21-17(27)11-15-7-5-6-8-15/h12-15H,5-11H2,1-4H3,(H,21,27)(H,23,24,25). The number of anilines is 1. The summed E-state index contributed by atoms with van der Waals surface area (Å²) < 4.78 is 1.86. The predicted octanol–water partition coefficient (Wildman–Crippen LogP) is 3.84. The van der Waals surface area contributed by atoms with Crippen molar-refractivity contribution in [2.75, 3.05) is 11.9 Å². The highest BCUT2D eigenvalue weighted by molar-refractivity contribution is 7.99. The lowest BCUT2D eigenvalue weighted by atomic mass is 10.0. The molecule has 1 fully saturated rings. The van der Waals surface area contributed by atoms with Crippen LogP contribution < -0.4 is 10.6 Å². The third-order valence-corrected chi connectivity index (χ3v) is 5.70. The Hall–Kier alpha value is -1.83. The van der Waals surface area contributed by atoms with E-state index < -0.39 is 0 Å². The summed E-state index contributed by atoms with van der Waals surface area (Å²) in [6, 6.07) is 0.272. The zero-order chi connectivity index (χ0) is 20.1. The van der Waals surface area contributed by atoms with Crippen molar-refractivity contribution in [1.82, 2.24) is 25.1 Å². The van der Waals surface area contributed by atoms with Crippen LogP contribution in [0, 0.1) is 5.92 Å². The molecule has 0 bridgehead atoms. The Morgan fingerprint density at radius 3 is 2.68 bits per heavy atom. The lowest BCUT2D eigenvalue weighted by molar-refractivity contribution is -0.122. The van der Waals surface area contributed by atoms with Gasteiger partial charge in [0.05, 0.1) is 18.1 Å². The number of nitrogens with one attached hydrogen (secondary N) is 2. The summed E-state index contributed by atoms with van der Waals surface area (Å²) in [7, 11) is 0. The van der Waals surface area contributed by atoms with E-state index in [1.54, 1.807) is 11.8 Å². The summed E-state index contributed by atoms with van der Waals surface area (Å²) in [5, 5.41) is 13.0. The van der Waals surface area contributed by atoms with Gasteiger partial charge in [0, 0.05) is 24.3 Å². The summed E-state index contributed by atoms with van der Waals surface area (Å²) in [5.74, 6) is 1.54. The van der Waals surface area contributed by atoms with Gasteiger partial charge in [-0.2, -0.15) is 5.10 Å². The Labute approximate surface area is 171 Å². The van der Waals surface area contributed by atoms with E-state index in [4.69, 9.17) is 4.98 Å². The normalized spacial score (nSPS) is 15.1. The molecule has 0 radical (unpaired) electrons. The highest BCUT2D eigenvalue weighted by Gasteiger charge is 2.18. The number of amides is 1. The van der Waals surface area contributed by atoms with Crippen LogP contribution in [0.2, 0.25) is 0 Å². The molecular formula is C20H32N6OS. The van der Waals surface area contributed by atoms with E-state index >= 15 is 0 Å². The molecule has 0 saturated heterocycles. The van der Waals surface area contributed by atoms with Gasteiger partial charge >= 0.3 is 0 Å². The molecule has 2 aromatic rings. The van der Waals surface area contributed by atoms with Crippen LogP contribution in [0.5, 0.6) is 0 Å². The molecule has 2 aromatic heterocycles. The summed E-state index contributed by atoms with van der Waals surface area (Å²) >= 11 is 1.64. The Balaban J connectivity index is 1.69. The van der Waals surface area contributed by atoms with Gasteiger partial charge in [0.2, 0.25) is 5.91 Å². The van der Waals surface area contributed by atoms with Crippen molar-refractivity contribution in [2.45, 2.75) is 82.8 Å². The molecule has 3 rings (SSSR count). The summed E-state index contributed by atoms with van der Waals surface area (Å²) in [4.78, 5) is 21.6. The molecular weight excluding hydrogens is 372 g/mol. The summed E-state index contributed by atoms with van der Waals surface area (Å²) in [6.07, 6.45) is 7.37. The number of carbonyl (C=O) groups excluding carboxylic acids is 1. The molecule has 0 unspecified atom stereocenters. The van der Waals surface area contributed by atoms with E-state index in [1.807, 2.05) is 10.9 Å². The predicted molar refractivity (Wildman–Crippen MR) is 115 cm³/mol. The van der Waals surface area contributed by atoms with Gasteiger partial charge in [-0.05, 0) is 32.6 Å². The van der Waals surface area contributed by atoms with Crippen molar-refractivity contribution in [3.05, 3.63) is 6.20 Å². The molecule has 8 heteroatoms. The average Bonchev–Trinajstić information content (AvgIpc) is 3.24. The van der Waals surface area contributed by atoms with Crippen LogP contribution in [0.1, 0.15) is 59.8 Å². The SMILES string of the molecule is CC(C)Nc1nc(SC(C)C)nc2c1cnn2CCNC(=O)CC1CCCC1. The lowest BCUT2D eigenvalue weighted by Crippen LogP contribution is -2.28. The minimum absolute atomic E-state index is 0.149. The number of hydrogen-bond donors (Lipinski definition) is 2. The molecule has 1 amide bonds. The maximum Gasteiger partial charge on any atom is 0.220 e. The van der Waals surface area contributed by atoms with E-state index in [2.05, 4.69) is 48.4 Å². The highest BCUT2D eigenvalue weighted by Crippen LogP contribution is 2.28. The lowest BCUT2D eigenvalue weighted by Gasteiger charge is -2.13. The zero-order valence-corrected chi connectivity index (χ0v) is 18.2. The maximum atomic E-state index is 12.2. The van der Waals surface area contributed by atoms with Crippen LogP contribution >= 0.6 is 11.8 Å². The number of rotatable bonds is 9. The Morgan fingerprint density at radius 1 is 1.25 bits per heavy atom. The molecule has 154 valence electrons. The van der Waals surface area contributed by atoms with Gasteiger partial charge in [0.15, 0.2) is 10.8 Å². The molecule has 1 saturated carbocycles. The van der Waals surface area contributed by atoms with Crippen LogP contribution in [0.25, 0.3) is 11.0 Å². The van der Waals surface area contributed by atoms with Gasteiger partial charge in [0.25, 0.3) is 0 Å². The van der Waals surface area contributed by atoms with E-state index in [1.165, 1.54) is 25.7 Å². The molecule has 0 spiro atoms. The number of aromatic nitrogens is 4. The van der Waals surface area contributed by atoms with E-state index in [0.29, 0.717) is 30.7 Å². The van der Waals surface area contributed by atoms with Gasteiger partial charge in [-0.15, -0.1) is 0 Å². The van der Waals surface area contributed by atoms with E-state index in [9.17, 15) is 4.79 Å². The fraction of sp³-hybridized carbons (Fsp3) is 0.700. The first-order chi connectivity index (χ1) is 13.4. The van der Waals surface area contributed by atoms with Crippen LogP contribution in [-0.2, 0) is 11.3 Å². The van der Waals surface area contributed by atoms with Gasteiger partial charge in [0.1, 0.15) is 5.82 Å². The summed E-state index contributed by atoms with van der Waals surface area (Å²) in [5.41, 5.74) is 0.811. The first-order valence-electron chi connectivity index (χ1n) is 10.4. The quantitative estimate of drug-likeness (QED) is 0.488. The zero-order valence-electron chi connectivity index (χ0n) is 17.4. The highest BCUT2D eigenvalue weighted by atomic mass is 32.2. The molecule has 0 aromatic carbocycles. The minimum Gasteiger partial charge on any atom is -0.367 e. The van der Waals surface area contributed by atoms with Crippen LogP contribution in [0.3, 0.4) is 0 Å². The second-order valence-electron chi connectivity index (χ2n) is 8.13. The Kier molecular flexibility index (Phi) is 7.15. The van der Waals surface area contributed by atoms with E-state index in [-0.39, 0.29) is 11.9 Å². The second kappa shape index (κ2) is 9.58. The van der Waals surface area contributed by atoms with Gasteiger partial charge in [-0.1, -0.05) is 38.5 Å². The minimum atomic E-state index is 0.149. The van der Waals surface area contributed by atoms with Crippen molar-refractivity contribution < 1.29 is 4.79 Å². The molecule has 1 aliphatic rings. The van der Waals surface area contributed by atoms with Crippen LogP contribution in [0.15, 0.2) is 11.4 Å². The second-order valence-corrected chi connectivity index (χ2v) is 9.67. The fourth-order valence-corrected chi connectivity index (χ4v) is 4.30. The molecule has 0 aliphatic heterocycles. The Morgan fingerprint density at radius 2 is 2.00 bits per heavy atom. The van der Waals surface area contributed by atoms with Crippen molar-refractivity contribution in [1.29, 1.82) is 0 Å². The van der Waals surface area contributed by atoms with E-state index in [0.717, 1.165) is 22.0 Å². The van der Waals surface area contributed by atoms with Crippen molar-refractivity contribution >= 4 is 34.5 Å². The molecule has 7 nitrogen and oxygen atoms in total. The van der Waals surface area contributed by atoms with Crippen LogP contribution in [0.4, 0.5) is 5.82 Å². The topological polar surface area (TPSA) is 84.7 Å². The average molecular weight is 405 g/mol. The number of thioether (sulfide) groups is 1. The third kappa shape index (κ3) is 5.59. The molecule has 2 heterocycles. The number of nitrogens with zero attached hydrogens (tertiary/aromatic N) is 4. The first-order valence-corrected chi connectivity index (χ1v) is 11.2. The van der Waals surface area contributed by atoms with Gasteiger partial charge < -0.3 is 10.6 Å². The number of carbonyl (C=O) groups is 1. The Bertz CT molecular complexity index is 797. The third-order valence-electron chi connectivity index (χ3n) is 4.84. The molecule has 28 heavy (non-hydrogen) atoms. The largest absolute Gasteiger partial charge is 0.367 e. The fourth-order valence-electron chi connectivity index (χ4n) is 3.60. The number of hydrogen-bond acceptors (Lipinski definition) is 6. The van der Waals surface area contributed by atoms with Crippen molar-refractivity contribution in [3.8, 4) is 0 Å². The molecule has 1 aliphatic carbocycles. The van der Waals surface area contributed by atoms with Crippen molar-refractivity contribution in [3.63, 3.8) is 0 Å².